The molecule has 1 saturated heterocycles. The Hall–Kier alpha value is -2.67. The summed E-state index contributed by atoms with van der Waals surface area (Å²) >= 11 is 1.45. The minimum absolute atomic E-state index is 0.00158. The minimum atomic E-state index is -0.101. The smallest absolute Gasteiger partial charge is 0.263 e. The lowest BCUT2D eigenvalue weighted by Crippen LogP contribution is -2.41. The molecule has 0 atom stereocenters. The molecule has 0 aliphatic carbocycles. The number of benzene rings is 1. The van der Waals surface area contributed by atoms with E-state index in [9.17, 15) is 14.4 Å². The van der Waals surface area contributed by atoms with E-state index in [0.717, 1.165) is 16.1 Å². The Morgan fingerprint density at radius 3 is 2.57 bits per heavy atom. The molecule has 0 bridgehead atoms. The molecule has 1 aliphatic heterocycles. The van der Waals surface area contributed by atoms with Crippen molar-refractivity contribution in [3.8, 4) is 0 Å². The van der Waals surface area contributed by atoms with Crippen molar-refractivity contribution in [2.24, 2.45) is 5.92 Å². The number of hydrogen-bond acceptors (Lipinski definition) is 4. The molecule has 1 N–H and O–H groups in total. The van der Waals surface area contributed by atoms with Crippen LogP contribution < -0.4 is 5.32 Å². The molecule has 1 fully saturated rings. The first-order valence-corrected chi connectivity index (χ1v) is 10.3. The number of thiophene rings is 1. The predicted molar refractivity (Wildman–Crippen MR) is 110 cm³/mol. The summed E-state index contributed by atoms with van der Waals surface area (Å²) in [6.45, 7) is 3.22. The number of piperidine rings is 1. The maximum atomic E-state index is 12.6. The fraction of sp³-hybridized carbons (Fsp3) is 0.381. The number of likely N-dealkylation sites (tertiary alicyclic amines) is 1. The van der Waals surface area contributed by atoms with Gasteiger partial charge in [-0.1, -0.05) is 18.2 Å². The maximum Gasteiger partial charge on any atom is 0.263 e. The first kappa shape index (κ1) is 20.1. The second-order valence-electron chi connectivity index (χ2n) is 7.11. The number of anilines is 1. The van der Waals surface area contributed by atoms with E-state index in [1.807, 2.05) is 46.7 Å². The van der Waals surface area contributed by atoms with E-state index in [0.29, 0.717) is 32.5 Å². The van der Waals surface area contributed by atoms with Crippen LogP contribution >= 0.6 is 11.3 Å². The molecule has 1 aromatic carbocycles. The fourth-order valence-electron chi connectivity index (χ4n) is 3.28. The third-order valence-electron chi connectivity index (χ3n) is 5.04. The van der Waals surface area contributed by atoms with Crippen LogP contribution in [-0.2, 0) is 16.1 Å². The van der Waals surface area contributed by atoms with E-state index >= 15 is 0 Å². The van der Waals surface area contributed by atoms with Crippen molar-refractivity contribution in [1.29, 1.82) is 0 Å². The largest absolute Gasteiger partial charge is 0.342 e. The summed E-state index contributed by atoms with van der Waals surface area (Å²) in [4.78, 5) is 40.6. The zero-order valence-electron chi connectivity index (χ0n) is 16.2. The molecule has 0 radical (unpaired) electrons. The summed E-state index contributed by atoms with van der Waals surface area (Å²) in [5.74, 6) is -0.0642. The van der Waals surface area contributed by atoms with Gasteiger partial charge in [0.25, 0.3) is 5.91 Å². The number of rotatable bonds is 5. The van der Waals surface area contributed by atoms with Crippen molar-refractivity contribution in [1.82, 2.24) is 9.80 Å². The quantitative estimate of drug-likeness (QED) is 0.839. The van der Waals surface area contributed by atoms with Crippen molar-refractivity contribution in [3.05, 3.63) is 52.2 Å². The number of nitrogens with one attached hydrogen (secondary N) is 1. The number of hydrogen-bond donors (Lipinski definition) is 1. The van der Waals surface area contributed by atoms with Gasteiger partial charge in [-0.3, -0.25) is 14.4 Å². The van der Waals surface area contributed by atoms with Crippen LogP contribution in [0.15, 0.2) is 41.8 Å². The van der Waals surface area contributed by atoms with Crippen molar-refractivity contribution in [2.75, 3.05) is 25.5 Å². The lowest BCUT2D eigenvalue weighted by molar-refractivity contribution is -0.128. The van der Waals surface area contributed by atoms with Crippen LogP contribution in [0.5, 0.6) is 0 Å². The van der Waals surface area contributed by atoms with E-state index < -0.39 is 0 Å². The summed E-state index contributed by atoms with van der Waals surface area (Å²) in [5, 5.41) is 4.88. The Morgan fingerprint density at radius 1 is 1.18 bits per heavy atom. The van der Waals surface area contributed by atoms with Crippen molar-refractivity contribution in [2.45, 2.75) is 26.3 Å². The molecular formula is C21H25N3O3S. The Bertz CT molecular complexity index is 842. The maximum absolute atomic E-state index is 12.6. The Labute approximate surface area is 169 Å². The van der Waals surface area contributed by atoms with E-state index in [2.05, 4.69) is 5.32 Å². The highest BCUT2D eigenvalue weighted by molar-refractivity contribution is 7.12. The molecule has 0 saturated carbocycles. The molecule has 2 aromatic rings. The molecular weight excluding hydrogens is 374 g/mol. The van der Waals surface area contributed by atoms with Gasteiger partial charge in [0.05, 0.1) is 4.88 Å². The summed E-state index contributed by atoms with van der Waals surface area (Å²) in [6.07, 6.45) is 1.32. The van der Waals surface area contributed by atoms with Crippen LogP contribution in [0.3, 0.4) is 0 Å². The van der Waals surface area contributed by atoms with Gasteiger partial charge in [-0.25, -0.2) is 0 Å². The molecule has 7 heteroatoms. The van der Waals surface area contributed by atoms with E-state index in [1.165, 1.54) is 18.3 Å². The second kappa shape index (κ2) is 9.01. The summed E-state index contributed by atoms with van der Waals surface area (Å²) in [5.41, 5.74) is 1.70. The third-order valence-corrected chi connectivity index (χ3v) is 5.89. The molecule has 3 rings (SSSR count). The molecule has 0 unspecified atom stereocenters. The summed E-state index contributed by atoms with van der Waals surface area (Å²) in [6, 6.07) is 11.3. The van der Waals surface area contributed by atoms with Crippen LogP contribution in [0, 0.1) is 5.92 Å². The van der Waals surface area contributed by atoms with Gasteiger partial charge in [-0.2, -0.15) is 0 Å². The van der Waals surface area contributed by atoms with Crippen LogP contribution in [-0.4, -0.2) is 47.7 Å². The average Bonchev–Trinajstić information content (AvgIpc) is 3.22. The van der Waals surface area contributed by atoms with Crippen molar-refractivity contribution < 1.29 is 14.4 Å². The molecule has 1 aliphatic rings. The Morgan fingerprint density at radius 2 is 1.93 bits per heavy atom. The number of amides is 3. The van der Waals surface area contributed by atoms with Crippen molar-refractivity contribution in [3.63, 3.8) is 0 Å². The summed E-state index contributed by atoms with van der Waals surface area (Å²) < 4.78 is 0. The average molecular weight is 400 g/mol. The third kappa shape index (κ3) is 4.98. The molecule has 28 heavy (non-hydrogen) atoms. The standard InChI is InChI=1S/C21H25N3O3S/c1-15(25)23(2)14-16-5-3-6-18(13-16)22-20(26)17-8-10-24(11-9-17)21(27)19-7-4-12-28-19/h3-7,12-13,17H,8-11,14H2,1-2H3,(H,22,26). The van der Waals surface area contributed by atoms with Gasteiger partial charge in [0.2, 0.25) is 11.8 Å². The molecule has 148 valence electrons. The van der Waals surface area contributed by atoms with Gasteiger partial charge >= 0.3 is 0 Å². The lowest BCUT2D eigenvalue weighted by Gasteiger charge is -2.31. The minimum Gasteiger partial charge on any atom is -0.342 e. The van der Waals surface area contributed by atoms with Gasteiger partial charge in [-0.05, 0) is 42.0 Å². The zero-order valence-corrected chi connectivity index (χ0v) is 17.0. The van der Waals surface area contributed by atoms with E-state index in [-0.39, 0.29) is 23.6 Å². The van der Waals surface area contributed by atoms with Gasteiger partial charge in [0, 0.05) is 45.2 Å². The number of carbonyl (C=O) groups excluding carboxylic acids is 3. The van der Waals surface area contributed by atoms with E-state index in [1.54, 1.807) is 11.9 Å². The highest BCUT2D eigenvalue weighted by atomic mass is 32.1. The molecule has 0 spiro atoms. The fourth-order valence-corrected chi connectivity index (χ4v) is 3.97. The van der Waals surface area contributed by atoms with Crippen molar-refractivity contribution >= 4 is 34.7 Å². The van der Waals surface area contributed by atoms with Gasteiger partial charge < -0.3 is 15.1 Å². The number of carbonyl (C=O) groups is 3. The zero-order chi connectivity index (χ0) is 20.1. The summed E-state index contributed by atoms with van der Waals surface area (Å²) in [7, 11) is 1.75. The topological polar surface area (TPSA) is 69.7 Å². The Balaban J connectivity index is 1.53. The lowest BCUT2D eigenvalue weighted by atomic mass is 9.95. The first-order chi connectivity index (χ1) is 13.4. The van der Waals surface area contributed by atoms with Crippen LogP contribution in [0.1, 0.15) is 35.0 Å². The normalized spacial score (nSPS) is 14.6. The Kier molecular flexibility index (Phi) is 6.46. The van der Waals surface area contributed by atoms with Crippen LogP contribution in [0.4, 0.5) is 5.69 Å². The molecule has 6 nitrogen and oxygen atoms in total. The predicted octanol–water partition coefficient (Wildman–Crippen LogP) is 3.22. The monoisotopic (exact) mass is 399 g/mol. The van der Waals surface area contributed by atoms with Crippen LogP contribution in [0.25, 0.3) is 0 Å². The first-order valence-electron chi connectivity index (χ1n) is 9.38. The molecule has 3 amide bonds. The number of nitrogens with zero attached hydrogens (tertiary/aromatic N) is 2. The van der Waals surface area contributed by atoms with Crippen LogP contribution in [0.2, 0.25) is 0 Å². The highest BCUT2D eigenvalue weighted by Gasteiger charge is 2.28. The second-order valence-corrected chi connectivity index (χ2v) is 8.06. The molecule has 1 aromatic heterocycles. The SMILES string of the molecule is CC(=O)N(C)Cc1cccc(NC(=O)C2CCN(C(=O)c3cccs3)CC2)c1. The molecule has 2 heterocycles. The highest BCUT2D eigenvalue weighted by Crippen LogP contribution is 2.22. The van der Waals surface area contributed by atoms with E-state index in [4.69, 9.17) is 0 Å². The van der Waals surface area contributed by atoms with Gasteiger partial charge in [-0.15, -0.1) is 11.3 Å². The van der Waals surface area contributed by atoms with Gasteiger partial charge in [0.1, 0.15) is 0 Å². The van der Waals surface area contributed by atoms with Gasteiger partial charge in [0.15, 0.2) is 0 Å².